The fourth-order valence-electron chi connectivity index (χ4n) is 1.13. The van der Waals surface area contributed by atoms with Crippen molar-refractivity contribution in [3.63, 3.8) is 0 Å². The van der Waals surface area contributed by atoms with Gasteiger partial charge in [-0.1, -0.05) is 0 Å². The van der Waals surface area contributed by atoms with Crippen LogP contribution in [0.4, 0.5) is 4.79 Å². The zero-order valence-electron chi connectivity index (χ0n) is 8.93. The molecule has 0 amide bonds. The van der Waals surface area contributed by atoms with Gasteiger partial charge in [-0.25, -0.2) is 14.4 Å². The summed E-state index contributed by atoms with van der Waals surface area (Å²) in [6.07, 6.45) is -2.13. The molecule has 9 nitrogen and oxygen atoms in total. The van der Waals surface area contributed by atoms with Crippen LogP contribution in [-0.4, -0.2) is 41.8 Å². The lowest BCUT2D eigenvalue weighted by Crippen LogP contribution is -2.13. The topological polar surface area (TPSA) is 155 Å². The second-order valence-electron chi connectivity index (χ2n) is 3.16. The third-order valence-corrected chi connectivity index (χ3v) is 3.05. The summed E-state index contributed by atoms with van der Waals surface area (Å²) in [5.74, 6) is -3.15. The van der Waals surface area contributed by atoms with Crippen molar-refractivity contribution in [3.05, 3.63) is 29.3 Å². The van der Waals surface area contributed by atoms with Crippen LogP contribution in [0.15, 0.2) is 23.1 Å². The van der Waals surface area contributed by atoms with Crippen LogP contribution in [0, 0.1) is 0 Å². The molecule has 102 valence electrons. The molecule has 1 aromatic rings. The molecule has 0 bridgehead atoms. The summed E-state index contributed by atoms with van der Waals surface area (Å²) in [6, 6.07) is 1.91. The van der Waals surface area contributed by atoms with Crippen molar-refractivity contribution in [2.24, 2.45) is 0 Å². The second kappa shape index (κ2) is 4.94. The Morgan fingerprint density at radius 3 is 1.63 bits per heavy atom. The fraction of sp³-hybridized carbons (Fsp3) is 0. The van der Waals surface area contributed by atoms with Gasteiger partial charge in [-0.05, 0) is 18.2 Å². The lowest BCUT2D eigenvalue weighted by atomic mass is 10.1. The molecule has 3 N–H and O–H groups in total. The van der Waals surface area contributed by atoms with E-state index in [4.69, 9.17) is 15.3 Å². The van der Waals surface area contributed by atoms with E-state index in [1.165, 1.54) is 0 Å². The van der Waals surface area contributed by atoms with Gasteiger partial charge >= 0.3 is 28.2 Å². The van der Waals surface area contributed by atoms with Crippen LogP contribution in [0.5, 0.6) is 0 Å². The molecule has 0 unspecified atom stereocenters. The van der Waals surface area contributed by atoms with E-state index in [2.05, 4.69) is 4.18 Å². The standard InChI is InChI=1S/C9H6O9S/c10-7(11)4-1-5(8(12)13)3-6(2-4)19(16,17)18-9(14)15/h1-3H,(H,10,11)(H,12,13)(H,14,15). The molecule has 0 saturated carbocycles. The molecular weight excluding hydrogens is 284 g/mol. The van der Waals surface area contributed by atoms with Crippen molar-refractivity contribution in [1.29, 1.82) is 0 Å². The predicted octanol–water partition coefficient (Wildman–Crippen LogP) is 0.466. The van der Waals surface area contributed by atoms with Crippen LogP contribution in [0.3, 0.4) is 0 Å². The van der Waals surface area contributed by atoms with Crippen molar-refractivity contribution in [2.75, 3.05) is 0 Å². The van der Waals surface area contributed by atoms with E-state index in [-0.39, 0.29) is 0 Å². The van der Waals surface area contributed by atoms with Crippen LogP contribution in [-0.2, 0) is 14.3 Å². The SMILES string of the molecule is O=C(O)OS(=O)(=O)c1cc(C(=O)O)cc(C(=O)O)c1. The Hall–Kier alpha value is -2.62. The van der Waals surface area contributed by atoms with Crippen molar-refractivity contribution in [3.8, 4) is 0 Å². The first kappa shape index (κ1) is 14.4. The van der Waals surface area contributed by atoms with Gasteiger partial charge in [0.15, 0.2) is 0 Å². The van der Waals surface area contributed by atoms with E-state index in [0.717, 1.165) is 6.07 Å². The van der Waals surface area contributed by atoms with Gasteiger partial charge in [-0.2, -0.15) is 8.42 Å². The van der Waals surface area contributed by atoms with E-state index in [1.54, 1.807) is 0 Å². The number of aromatic carboxylic acids is 2. The molecule has 10 heteroatoms. The molecule has 0 aliphatic rings. The molecule has 1 rings (SSSR count). The summed E-state index contributed by atoms with van der Waals surface area (Å²) in [4.78, 5) is 30.8. The maximum atomic E-state index is 11.4. The van der Waals surface area contributed by atoms with Gasteiger partial charge in [0.1, 0.15) is 4.90 Å². The molecule has 0 aliphatic heterocycles. The Labute approximate surface area is 105 Å². The zero-order chi connectivity index (χ0) is 14.8. The first-order valence-corrected chi connectivity index (χ1v) is 5.83. The predicted molar refractivity (Wildman–Crippen MR) is 56.7 cm³/mol. The minimum atomic E-state index is -4.80. The molecule has 0 aromatic heterocycles. The fourth-order valence-corrected chi connectivity index (χ4v) is 1.96. The maximum absolute atomic E-state index is 11.4. The maximum Gasteiger partial charge on any atom is 0.522 e. The number of hydrogen-bond acceptors (Lipinski definition) is 6. The number of rotatable bonds is 4. The van der Waals surface area contributed by atoms with Crippen LogP contribution >= 0.6 is 0 Å². The van der Waals surface area contributed by atoms with E-state index >= 15 is 0 Å². The normalized spacial score (nSPS) is 10.7. The van der Waals surface area contributed by atoms with Crippen LogP contribution in [0.2, 0.25) is 0 Å². The summed E-state index contributed by atoms with van der Waals surface area (Å²) < 4.78 is 26.4. The van der Waals surface area contributed by atoms with Gasteiger partial charge in [-0.15, -0.1) is 0 Å². The highest BCUT2D eigenvalue weighted by molar-refractivity contribution is 7.87. The summed E-state index contributed by atoms with van der Waals surface area (Å²) in [7, 11) is -4.80. The quantitative estimate of drug-likeness (QED) is 0.670. The molecule has 0 spiro atoms. The summed E-state index contributed by atoms with van der Waals surface area (Å²) >= 11 is 0. The smallest absolute Gasteiger partial charge is 0.478 e. The average molecular weight is 290 g/mol. The average Bonchev–Trinajstić information content (AvgIpc) is 2.26. The molecule has 0 fully saturated rings. The molecule has 0 aliphatic carbocycles. The van der Waals surface area contributed by atoms with Crippen molar-refractivity contribution >= 4 is 28.2 Å². The Balaban J connectivity index is 3.47. The highest BCUT2D eigenvalue weighted by Crippen LogP contribution is 2.18. The van der Waals surface area contributed by atoms with Gasteiger partial charge in [0.2, 0.25) is 0 Å². The number of benzene rings is 1. The number of carboxylic acid groups (broad SMARTS) is 3. The van der Waals surface area contributed by atoms with E-state index < -0.39 is 44.2 Å². The van der Waals surface area contributed by atoms with Gasteiger partial charge in [0.25, 0.3) is 0 Å². The Kier molecular flexibility index (Phi) is 3.75. The van der Waals surface area contributed by atoms with Crippen molar-refractivity contribution < 1.29 is 42.3 Å². The molecule has 0 heterocycles. The first-order chi connectivity index (χ1) is 8.63. The Morgan fingerprint density at radius 2 is 1.32 bits per heavy atom. The third kappa shape index (κ3) is 3.42. The number of carboxylic acids is 2. The molecule has 0 saturated heterocycles. The lowest BCUT2D eigenvalue weighted by molar-refractivity contribution is 0.0696. The highest BCUT2D eigenvalue weighted by Gasteiger charge is 2.23. The Morgan fingerprint density at radius 1 is 0.895 bits per heavy atom. The summed E-state index contributed by atoms with van der Waals surface area (Å²) in [6.45, 7) is 0. The van der Waals surface area contributed by atoms with Crippen LogP contribution in [0.1, 0.15) is 20.7 Å². The first-order valence-electron chi connectivity index (χ1n) is 4.42. The monoisotopic (exact) mass is 290 g/mol. The second-order valence-corrected chi connectivity index (χ2v) is 4.71. The minimum absolute atomic E-state index is 0.590. The lowest BCUT2D eigenvalue weighted by Gasteiger charge is -2.05. The van der Waals surface area contributed by atoms with Crippen LogP contribution < -0.4 is 0 Å². The van der Waals surface area contributed by atoms with E-state index in [0.29, 0.717) is 12.1 Å². The molecule has 1 aromatic carbocycles. The Bertz CT molecular complexity index is 626. The molecular formula is C9H6O9S. The zero-order valence-corrected chi connectivity index (χ0v) is 9.75. The largest absolute Gasteiger partial charge is 0.522 e. The van der Waals surface area contributed by atoms with Gasteiger partial charge in [0, 0.05) is 0 Å². The van der Waals surface area contributed by atoms with E-state index in [1.807, 2.05) is 0 Å². The van der Waals surface area contributed by atoms with Gasteiger partial charge in [-0.3, -0.25) is 0 Å². The number of carbonyl (C=O) groups is 3. The molecule has 19 heavy (non-hydrogen) atoms. The molecule has 0 radical (unpaired) electrons. The van der Waals surface area contributed by atoms with Crippen LogP contribution in [0.25, 0.3) is 0 Å². The van der Waals surface area contributed by atoms with Gasteiger partial charge < -0.3 is 19.5 Å². The minimum Gasteiger partial charge on any atom is -0.478 e. The van der Waals surface area contributed by atoms with Crippen molar-refractivity contribution in [2.45, 2.75) is 4.90 Å². The van der Waals surface area contributed by atoms with Crippen molar-refractivity contribution in [1.82, 2.24) is 0 Å². The van der Waals surface area contributed by atoms with E-state index in [9.17, 15) is 22.8 Å². The number of hydrogen-bond donors (Lipinski definition) is 3. The summed E-state index contributed by atoms with van der Waals surface area (Å²) in [5, 5.41) is 25.7. The molecule has 0 atom stereocenters. The summed E-state index contributed by atoms with van der Waals surface area (Å²) in [5.41, 5.74) is -1.26. The van der Waals surface area contributed by atoms with Gasteiger partial charge in [0.05, 0.1) is 11.1 Å². The highest BCUT2D eigenvalue weighted by atomic mass is 32.2. The third-order valence-electron chi connectivity index (χ3n) is 1.87.